The number of rotatable bonds is 4. The fourth-order valence-corrected chi connectivity index (χ4v) is 11.9. The molecule has 4 fully saturated rings. The van der Waals surface area contributed by atoms with Crippen molar-refractivity contribution in [3.63, 3.8) is 0 Å². The summed E-state index contributed by atoms with van der Waals surface area (Å²) in [5.74, 6) is 1.39. The van der Waals surface area contributed by atoms with Gasteiger partial charge >= 0.3 is 11.9 Å². The third-order valence-corrected chi connectivity index (χ3v) is 14.2. The minimum atomic E-state index is -0.171. The monoisotopic (exact) mass is 537 g/mol. The molecular formula is C34H51NO4. The standard InChI is InChI=1S/C34H51NO4/c1-21(2)24-11-14-33(20-38-22(3)36)17-15-29(5)25(28(24)33)9-10-26-30(29,6)16-18-34-31(26,7)13-12-27(39-23(4)37)32(34,8)19-35-34/h19,21,25-27H,9-18,20H2,1-8H3/t25-,26?,27+,29-,30-,31-,32-,33-,34+/m1/s1. The maximum atomic E-state index is 12.0. The zero-order valence-electron chi connectivity index (χ0n) is 25.7. The first-order chi connectivity index (χ1) is 18.2. The molecule has 1 heterocycles. The SMILES string of the molecule is CC(=O)OC[C@]12CCC(C(C)C)=C1[C@H]1CCC3[C@@]4(C)CC[C@H](OC(C)=O)[C@@]5(C)C=N[C@@]45CC[C@@]3(C)[C@]1(C)CC2. The van der Waals surface area contributed by atoms with Crippen molar-refractivity contribution in [2.45, 2.75) is 131 Å². The van der Waals surface area contributed by atoms with E-state index in [1.165, 1.54) is 25.7 Å². The number of fused-ring (bicyclic) bond motifs is 6. The highest BCUT2D eigenvalue weighted by Crippen LogP contribution is 2.79. The summed E-state index contributed by atoms with van der Waals surface area (Å²) < 4.78 is 11.7. The van der Waals surface area contributed by atoms with Crippen molar-refractivity contribution in [3.05, 3.63) is 11.1 Å². The molecule has 5 nitrogen and oxygen atoms in total. The van der Waals surface area contributed by atoms with Gasteiger partial charge in [-0.3, -0.25) is 14.6 Å². The molecule has 1 aliphatic heterocycles. The van der Waals surface area contributed by atoms with Crippen LogP contribution < -0.4 is 0 Å². The molecule has 6 rings (SSSR count). The Kier molecular flexibility index (Phi) is 5.96. The van der Waals surface area contributed by atoms with Gasteiger partial charge in [0.05, 0.1) is 11.0 Å². The van der Waals surface area contributed by atoms with E-state index in [2.05, 4.69) is 47.8 Å². The molecule has 0 radical (unpaired) electrons. The van der Waals surface area contributed by atoms with E-state index in [1.807, 2.05) is 0 Å². The molecular weight excluding hydrogens is 486 g/mol. The molecule has 4 saturated carbocycles. The number of hydrogen-bond acceptors (Lipinski definition) is 5. The zero-order chi connectivity index (χ0) is 28.2. The molecule has 5 aliphatic carbocycles. The van der Waals surface area contributed by atoms with Crippen molar-refractivity contribution >= 4 is 18.2 Å². The Morgan fingerprint density at radius 3 is 2.23 bits per heavy atom. The summed E-state index contributed by atoms with van der Waals surface area (Å²) >= 11 is 0. The quantitative estimate of drug-likeness (QED) is 0.276. The van der Waals surface area contributed by atoms with Gasteiger partial charge in [-0.15, -0.1) is 0 Å². The van der Waals surface area contributed by atoms with Crippen molar-refractivity contribution in [2.24, 2.45) is 49.8 Å². The highest BCUT2D eigenvalue weighted by molar-refractivity contribution is 5.79. The molecule has 0 aromatic rings. The van der Waals surface area contributed by atoms with Gasteiger partial charge in [0.15, 0.2) is 0 Å². The molecule has 9 atom stereocenters. The molecule has 0 bridgehead atoms. The van der Waals surface area contributed by atoms with E-state index in [1.54, 1.807) is 25.0 Å². The number of carbonyl (C=O) groups is 2. The number of carbonyl (C=O) groups excluding carboxylic acids is 2. The van der Waals surface area contributed by atoms with Crippen LogP contribution in [0, 0.1) is 44.8 Å². The lowest BCUT2D eigenvalue weighted by atomic mass is 9.30. The predicted molar refractivity (Wildman–Crippen MR) is 153 cm³/mol. The van der Waals surface area contributed by atoms with E-state index in [9.17, 15) is 9.59 Å². The van der Waals surface area contributed by atoms with Crippen LogP contribution in [0.15, 0.2) is 16.1 Å². The minimum absolute atomic E-state index is 0.0391. The molecule has 5 heteroatoms. The largest absolute Gasteiger partial charge is 0.465 e. The number of aliphatic imine (C=N–C) groups is 1. The third-order valence-electron chi connectivity index (χ3n) is 14.2. The fraction of sp³-hybridized carbons (Fsp3) is 0.853. The van der Waals surface area contributed by atoms with Gasteiger partial charge in [0.2, 0.25) is 0 Å². The Balaban J connectivity index is 1.39. The van der Waals surface area contributed by atoms with E-state index in [0.29, 0.717) is 24.4 Å². The van der Waals surface area contributed by atoms with Crippen molar-refractivity contribution in [1.82, 2.24) is 0 Å². The first kappa shape index (κ1) is 27.5. The molecule has 0 saturated heterocycles. The van der Waals surface area contributed by atoms with Crippen LogP contribution in [-0.4, -0.2) is 36.4 Å². The van der Waals surface area contributed by atoms with Crippen LogP contribution in [0.2, 0.25) is 0 Å². The van der Waals surface area contributed by atoms with Crippen LogP contribution >= 0.6 is 0 Å². The highest BCUT2D eigenvalue weighted by Gasteiger charge is 2.77. The van der Waals surface area contributed by atoms with Gasteiger partial charge in [-0.25, -0.2) is 0 Å². The summed E-state index contributed by atoms with van der Waals surface area (Å²) in [7, 11) is 0. The first-order valence-electron chi connectivity index (χ1n) is 15.8. The number of esters is 2. The van der Waals surface area contributed by atoms with Gasteiger partial charge in [-0.05, 0) is 105 Å². The van der Waals surface area contributed by atoms with Gasteiger partial charge in [0.25, 0.3) is 0 Å². The Hall–Kier alpha value is -1.65. The third kappa shape index (κ3) is 3.22. The smallest absolute Gasteiger partial charge is 0.302 e. The second kappa shape index (κ2) is 8.44. The van der Waals surface area contributed by atoms with Crippen LogP contribution in [0.4, 0.5) is 0 Å². The van der Waals surface area contributed by atoms with Gasteiger partial charge in [-0.1, -0.05) is 45.8 Å². The average molecular weight is 538 g/mol. The van der Waals surface area contributed by atoms with Crippen LogP contribution in [-0.2, 0) is 19.1 Å². The van der Waals surface area contributed by atoms with E-state index in [-0.39, 0.29) is 50.7 Å². The minimum Gasteiger partial charge on any atom is -0.465 e. The molecule has 1 unspecified atom stereocenters. The first-order valence-corrected chi connectivity index (χ1v) is 15.8. The van der Waals surface area contributed by atoms with Crippen molar-refractivity contribution in [2.75, 3.05) is 6.61 Å². The Morgan fingerprint density at radius 1 is 0.897 bits per heavy atom. The van der Waals surface area contributed by atoms with Crippen LogP contribution in [0.1, 0.15) is 120 Å². The van der Waals surface area contributed by atoms with Crippen LogP contribution in [0.3, 0.4) is 0 Å². The number of hydrogen-bond donors (Lipinski definition) is 0. The Bertz CT molecular complexity index is 1160. The average Bonchev–Trinajstić information content (AvgIpc) is 3.24. The topological polar surface area (TPSA) is 65.0 Å². The maximum Gasteiger partial charge on any atom is 0.302 e. The zero-order valence-corrected chi connectivity index (χ0v) is 25.7. The number of nitrogens with zero attached hydrogens (tertiary/aromatic N) is 1. The maximum absolute atomic E-state index is 12.0. The van der Waals surface area contributed by atoms with Crippen molar-refractivity contribution in [3.8, 4) is 0 Å². The van der Waals surface area contributed by atoms with Crippen LogP contribution in [0.5, 0.6) is 0 Å². The van der Waals surface area contributed by atoms with E-state index >= 15 is 0 Å². The van der Waals surface area contributed by atoms with E-state index < -0.39 is 0 Å². The highest BCUT2D eigenvalue weighted by atomic mass is 16.5. The number of allylic oxidation sites excluding steroid dienone is 1. The lowest BCUT2D eigenvalue weighted by Crippen LogP contribution is -2.77. The summed E-state index contributed by atoms with van der Waals surface area (Å²) in [5, 5.41) is 0. The van der Waals surface area contributed by atoms with Crippen molar-refractivity contribution in [1.29, 1.82) is 0 Å². The Morgan fingerprint density at radius 2 is 1.62 bits per heavy atom. The molecule has 0 aromatic carbocycles. The summed E-state index contributed by atoms with van der Waals surface area (Å²) in [4.78, 5) is 29.2. The molecule has 39 heavy (non-hydrogen) atoms. The predicted octanol–water partition coefficient (Wildman–Crippen LogP) is 7.47. The molecule has 6 aliphatic rings. The van der Waals surface area contributed by atoms with Gasteiger partial charge < -0.3 is 9.47 Å². The summed E-state index contributed by atoms with van der Waals surface area (Å²) in [5.41, 5.74) is 3.64. The van der Waals surface area contributed by atoms with E-state index in [4.69, 9.17) is 14.5 Å². The molecule has 0 aromatic heterocycles. The van der Waals surface area contributed by atoms with Gasteiger partial charge in [0.1, 0.15) is 12.7 Å². The van der Waals surface area contributed by atoms with Crippen LogP contribution in [0.25, 0.3) is 0 Å². The molecule has 1 spiro atoms. The lowest BCUT2D eigenvalue weighted by molar-refractivity contribution is -0.238. The Labute approximate surface area is 236 Å². The molecule has 0 amide bonds. The normalized spacial score (nSPS) is 49.7. The summed E-state index contributed by atoms with van der Waals surface area (Å²) in [6, 6.07) is 0. The van der Waals surface area contributed by atoms with E-state index in [0.717, 1.165) is 38.5 Å². The van der Waals surface area contributed by atoms with Crippen molar-refractivity contribution < 1.29 is 19.1 Å². The number of ether oxygens (including phenoxy) is 2. The lowest BCUT2D eigenvalue weighted by Gasteiger charge is -2.76. The molecule has 216 valence electrons. The van der Waals surface area contributed by atoms with Gasteiger partial charge in [0, 0.05) is 25.5 Å². The second-order valence-electron chi connectivity index (χ2n) is 15.6. The molecule has 0 N–H and O–H groups in total. The summed E-state index contributed by atoms with van der Waals surface area (Å²) in [6.07, 6.45) is 13.4. The van der Waals surface area contributed by atoms with Gasteiger partial charge in [-0.2, -0.15) is 0 Å². The summed E-state index contributed by atoms with van der Waals surface area (Å²) in [6.45, 7) is 18.6. The fourth-order valence-electron chi connectivity index (χ4n) is 11.9. The second-order valence-corrected chi connectivity index (χ2v) is 15.6.